The van der Waals surface area contributed by atoms with Gasteiger partial charge >= 0.3 is 5.97 Å². The fraction of sp³-hybridized carbons (Fsp3) is 0.750. The van der Waals surface area contributed by atoms with Crippen LogP contribution in [0.5, 0.6) is 0 Å². The van der Waals surface area contributed by atoms with Crippen LogP contribution in [-0.2, 0) is 9.53 Å². The van der Waals surface area contributed by atoms with Crippen LogP contribution in [-0.4, -0.2) is 23.8 Å². The van der Waals surface area contributed by atoms with Crippen molar-refractivity contribution in [2.75, 3.05) is 6.61 Å². The Labute approximate surface area is 139 Å². The highest BCUT2D eigenvalue weighted by Gasteiger charge is 2.59. The summed E-state index contributed by atoms with van der Waals surface area (Å²) in [6, 6.07) is 0. The van der Waals surface area contributed by atoms with Crippen molar-refractivity contribution in [3.8, 4) is 0 Å². The fourth-order valence-electron chi connectivity index (χ4n) is 5.26. The Morgan fingerprint density at radius 3 is 2.87 bits per heavy atom. The summed E-state index contributed by atoms with van der Waals surface area (Å²) in [5.74, 6) is 1.00. The average Bonchev–Trinajstić information content (AvgIpc) is 2.86. The van der Waals surface area contributed by atoms with Crippen molar-refractivity contribution in [3.05, 3.63) is 23.8 Å². The van der Waals surface area contributed by atoms with E-state index in [1.807, 2.05) is 0 Å². The van der Waals surface area contributed by atoms with Crippen molar-refractivity contribution < 1.29 is 14.6 Å². The second-order valence-electron chi connectivity index (χ2n) is 8.54. The fourth-order valence-corrected chi connectivity index (χ4v) is 5.26. The first-order chi connectivity index (χ1) is 10.8. The highest BCUT2D eigenvalue weighted by atomic mass is 16.5. The third-order valence-corrected chi connectivity index (χ3v) is 6.75. The summed E-state index contributed by atoms with van der Waals surface area (Å²) < 4.78 is 5.34. The zero-order chi connectivity index (χ0) is 16.8. The van der Waals surface area contributed by atoms with E-state index < -0.39 is 0 Å². The Kier molecular flexibility index (Phi) is 4.20. The van der Waals surface area contributed by atoms with E-state index in [-0.39, 0.29) is 28.8 Å². The molecule has 0 aromatic rings. The Balaban J connectivity index is 1.92. The summed E-state index contributed by atoms with van der Waals surface area (Å²) in [6.07, 6.45) is 9.86. The maximum absolute atomic E-state index is 11.9. The maximum atomic E-state index is 11.9. The van der Waals surface area contributed by atoms with Gasteiger partial charge in [0.1, 0.15) is 0 Å². The predicted molar refractivity (Wildman–Crippen MR) is 90.7 cm³/mol. The third kappa shape index (κ3) is 2.57. The van der Waals surface area contributed by atoms with Crippen LogP contribution < -0.4 is 0 Å². The molecule has 1 saturated heterocycles. The predicted octanol–water partition coefficient (Wildman–Crippen LogP) is 3.88. The van der Waals surface area contributed by atoms with Gasteiger partial charge in [0.15, 0.2) is 0 Å². The van der Waals surface area contributed by atoms with Crippen LogP contribution in [0, 0.1) is 28.6 Å². The molecule has 1 heterocycles. The lowest BCUT2D eigenvalue weighted by Gasteiger charge is -2.58. The molecule has 3 nitrogen and oxygen atoms in total. The number of hydrogen-bond acceptors (Lipinski definition) is 3. The normalized spacial score (nSPS) is 43.3. The quantitative estimate of drug-likeness (QED) is 0.634. The molecule has 128 valence electrons. The van der Waals surface area contributed by atoms with E-state index >= 15 is 0 Å². The first kappa shape index (κ1) is 16.8. The van der Waals surface area contributed by atoms with Crippen molar-refractivity contribution >= 4 is 5.97 Å². The lowest BCUT2D eigenvalue weighted by molar-refractivity contribution is -0.135. The lowest BCUT2D eigenvalue weighted by Crippen LogP contribution is -2.55. The van der Waals surface area contributed by atoms with Gasteiger partial charge in [0.2, 0.25) is 0 Å². The molecule has 0 aromatic carbocycles. The molecule has 1 N–H and O–H groups in total. The summed E-state index contributed by atoms with van der Waals surface area (Å²) in [6.45, 7) is 9.43. The molecule has 2 aliphatic carbocycles. The summed E-state index contributed by atoms with van der Waals surface area (Å²) in [5.41, 5.74) is 0.808. The molecule has 5 atom stereocenters. The maximum Gasteiger partial charge on any atom is 0.334 e. The molecule has 1 saturated carbocycles. The number of allylic oxidation sites excluding steroid dienone is 3. The second-order valence-corrected chi connectivity index (χ2v) is 8.54. The van der Waals surface area contributed by atoms with Gasteiger partial charge in [-0.05, 0) is 42.9 Å². The van der Waals surface area contributed by atoms with Gasteiger partial charge < -0.3 is 9.84 Å². The number of ether oxygens (including phenoxy) is 1. The van der Waals surface area contributed by atoms with E-state index in [2.05, 4.69) is 45.9 Å². The summed E-state index contributed by atoms with van der Waals surface area (Å²) in [7, 11) is 0. The van der Waals surface area contributed by atoms with Gasteiger partial charge in [-0.15, -0.1) is 0 Å². The minimum absolute atomic E-state index is 0.0515. The van der Waals surface area contributed by atoms with Crippen LogP contribution in [0.4, 0.5) is 0 Å². The molecule has 0 aromatic heterocycles. The molecule has 0 unspecified atom stereocenters. The second kappa shape index (κ2) is 5.77. The summed E-state index contributed by atoms with van der Waals surface area (Å²) >= 11 is 0. The number of esters is 1. The average molecular weight is 318 g/mol. The SMILES string of the molecule is CC(C)/C=C/C[C@@]1(C)[C@H]2CC=C3C(=O)OC[C@@H]3[C@@]2(C)CC[C@@H]1O. The van der Waals surface area contributed by atoms with Crippen LogP contribution >= 0.6 is 0 Å². The molecule has 0 amide bonds. The largest absolute Gasteiger partial charge is 0.462 e. The van der Waals surface area contributed by atoms with Gasteiger partial charge in [-0.1, -0.05) is 45.9 Å². The molecule has 3 aliphatic rings. The number of aliphatic hydroxyl groups excluding tert-OH is 1. The molecule has 0 radical (unpaired) electrons. The van der Waals surface area contributed by atoms with E-state index in [0.29, 0.717) is 18.4 Å². The highest BCUT2D eigenvalue weighted by molar-refractivity contribution is 5.91. The van der Waals surface area contributed by atoms with Crippen molar-refractivity contribution in [2.45, 2.75) is 59.5 Å². The van der Waals surface area contributed by atoms with Gasteiger partial charge in [-0.3, -0.25) is 0 Å². The molecular formula is C20H30O3. The zero-order valence-electron chi connectivity index (χ0n) is 14.8. The molecular weight excluding hydrogens is 288 g/mol. The van der Waals surface area contributed by atoms with E-state index in [0.717, 1.165) is 31.3 Å². The first-order valence-electron chi connectivity index (χ1n) is 9.01. The number of cyclic esters (lactones) is 1. The van der Waals surface area contributed by atoms with Crippen LogP contribution in [0.1, 0.15) is 53.4 Å². The first-order valence-corrected chi connectivity index (χ1v) is 9.01. The van der Waals surface area contributed by atoms with Crippen molar-refractivity contribution in [1.29, 1.82) is 0 Å². The van der Waals surface area contributed by atoms with Crippen molar-refractivity contribution in [1.82, 2.24) is 0 Å². The topological polar surface area (TPSA) is 46.5 Å². The molecule has 2 fully saturated rings. The molecule has 0 spiro atoms. The van der Waals surface area contributed by atoms with E-state index in [4.69, 9.17) is 4.74 Å². The molecule has 3 rings (SSSR count). The minimum Gasteiger partial charge on any atom is -0.462 e. The number of aliphatic hydroxyl groups is 1. The van der Waals surface area contributed by atoms with Gasteiger partial charge in [0.25, 0.3) is 0 Å². The number of carbonyl (C=O) groups excluding carboxylic acids is 1. The number of carbonyl (C=O) groups is 1. The van der Waals surface area contributed by atoms with Gasteiger partial charge in [-0.2, -0.15) is 0 Å². The zero-order valence-corrected chi connectivity index (χ0v) is 14.8. The number of rotatable bonds is 3. The molecule has 3 heteroatoms. The van der Waals surface area contributed by atoms with E-state index in [1.54, 1.807) is 0 Å². The van der Waals surface area contributed by atoms with Gasteiger partial charge in [0, 0.05) is 16.9 Å². The number of hydrogen-bond donors (Lipinski definition) is 1. The Bertz CT molecular complexity index is 547. The Morgan fingerprint density at radius 1 is 1.43 bits per heavy atom. The van der Waals surface area contributed by atoms with Gasteiger partial charge in [-0.25, -0.2) is 4.79 Å². The smallest absolute Gasteiger partial charge is 0.334 e. The van der Waals surface area contributed by atoms with Crippen LogP contribution in [0.15, 0.2) is 23.8 Å². The van der Waals surface area contributed by atoms with Crippen LogP contribution in [0.25, 0.3) is 0 Å². The van der Waals surface area contributed by atoms with Crippen molar-refractivity contribution in [2.24, 2.45) is 28.6 Å². The van der Waals surface area contributed by atoms with E-state index in [9.17, 15) is 9.90 Å². The van der Waals surface area contributed by atoms with Crippen LogP contribution in [0.2, 0.25) is 0 Å². The van der Waals surface area contributed by atoms with Crippen molar-refractivity contribution in [3.63, 3.8) is 0 Å². The summed E-state index contributed by atoms with van der Waals surface area (Å²) in [5, 5.41) is 10.8. The molecule has 23 heavy (non-hydrogen) atoms. The summed E-state index contributed by atoms with van der Waals surface area (Å²) in [4.78, 5) is 11.9. The Hall–Kier alpha value is -1.09. The monoisotopic (exact) mass is 318 g/mol. The molecule has 0 bridgehead atoms. The minimum atomic E-state index is -0.273. The molecule has 1 aliphatic heterocycles. The Morgan fingerprint density at radius 2 is 2.17 bits per heavy atom. The van der Waals surface area contributed by atoms with E-state index in [1.165, 1.54) is 0 Å². The highest BCUT2D eigenvalue weighted by Crippen LogP contribution is 2.62. The lowest BCUT2D eigenvalue weighted by atomic mass is 9.47. The third-order valence-electron chi connectivity index (χ3n) is 6.75. The van der Waals surface area contributed by atoms with Crippen LogP contribution in [0.3, 0.4) is 0 Å². The van der Waals surface area contributed by atoms with Gasteiger partial charge in [0.05, 0.1) is 12.7 Å². The standard InChI is InChI=1S/C20H30O3/c1-13(2)6-5-10-20(4)16-8-7-14-15(12-23-18(14)22)19(16,3)11-9-17(20)21/h5-7,13,15-17,21H,8-12H2,1-4H3/b6-5+/t15-,16-,17-,19+,20-/m0/s1. The number of fused-ring (bicyclic) bond motifs is 3.